The first kappa shape index (κ1) is 28.2. The molecule has 0 N–H and O–H groups in total. The van der Waals surface area contributed by atoms with E-state index < -0.39 is 0 Å². The predicted octanol–water partition coefficient (Wildman–Crippen LogP) is 11.5. The normalized spacial score (nSPS) is 11.6. The number of nitrogens with zero attached hydrogens (tertiary/aromatic N) is 4. The van der Waals surface area contributed by atoms with E-state index in [-0.39, 0.29) is 0 Å². The second kappa shape index (κ2) is 11.4. The van der Waals surface area contributed by atoms with Crippen molar-refractivity contribution in [2.24, 2.45) is 0 Å². The van der Waals surface area contributed by atoms with Gasteiger partial charge in [-0.1, -0.05) is 133 Å². The molecule has 3 aromatic heterocycles. The minimum absolute atomic E-state index is 0.569. The predicted molar refractivity (Wildman–Crippen MR) is 203 cm³/mol. The van der Waals surface area contributed by atoms with Crippen molar-refractivity contribution in [1.29, 1.82) is 0 Å². The first-order valence-electron chi connectivity index (χ1n) is 16.7. The van der Waals surface area contributed by atoms with Crippen molar-refractivity contribution in [3.8, 4) is 51.0 Å². The van der Waals surface area contributed by atoms with Gasteiger partial charge in [0, 0.05) is 43.9 Å². The number of para-hydroxylation sites is 4. The van der Waals surface area contributed by atoms with Crippen LogP contribution in [-0.2, 0) is 0 Å². The average molecular weight is 641 g/mol. The lowest BCUT2D eigenvalue weighted by Crippen LogP contribution is -2.00. The van der Waals surface area contributed by atoms with Crippen LogP contribution in [0.15, 0.2) is 174 Å². The lowest BCUT2D eigenvalue weighted by molar-refractivity contribution is 0.670. The molecule has 7 aromatic carbocycles. The molecule has 0 radical (unpaired) electrons. The Morgan fingerprint density at radius 1 is 0.360 bits per heavy atom. The summed E-state index contributed by atoms with van der Waals surface area (Å²) >= 11 is 0. The maximum atomic E-state index is 6.88. The molecule has 5 nitrogen and oxygen atoms in total. The highest BCUT2D eigenvalue weighted by atomic mass is 16.3. The monoisotopic (exact) mass is 640 g/mol. The second-order valence-electron chi connectivity index (χ2n) is 12.4. The third-order valence-corrected chi connectivity index (χ3v) is 9.46. The van der Waals surface area contributed by atoms with Gasteiger partial charge >= 0.3 is 0 Å². The van der Waals surface area contributed by atoms with Crippen molar-refractivity contribution in [2.75, 3.05) is 0 Å². The molecule has 0 amide bonds. The van der Waals surface area contributed by atoms with Crippen LogP contribution in [0.3, 0.4) is 0 Å². The maximum absolute atomic E-state index is 6.88. The summed E-state index contributed by atoms with van der Waals surface area (Å²) in [5.74, 6) is 1.80. The summed E-state index contributed by atoms with van der Waals surface area (Å²) in [5.41, 5.74) is 9.88. The molecule has 0 aliphatic carbocycles. The number of hydrogen-bond donors (Lipinski definition) is 0. The Morgan fingerprint density at radius 3 is 1.56 bits per heavy atom. The standard InChI is InChI=1S/C45H28N4O/c1-4-14-29(15-5-1)43-46-44(30-16-6-2-7-17-30)48-45(47-43)37-24-13-23-36-35-22-12-21-33(41(35)50-42(36)37)31-26-27-40-38(28-31)34-20-10-11-25-39(34)49(40)32-18-8-3-9-19-32/h1-28H. The van der Waals surface area contributed by atoms with Crippen LogP contribution in [0.25, 0.3) is 94.7 Å². The Kier molecular flexibility index (Phi) is 6.42. The van der Waals surface area contributed by atoms with E-state index in [0.29, 0.717) is 17.5 Å². The molecule has 50 heavy (non-hydrogen) atoms. The van der Waals surface area contributed by atoms with Gasteiger partial charge in [0.2, 0.25) is 0 Å². The number of furan rings is 1. The van der Waals surface area contributed by atoms with Crippen LogP contribution in [0.2, 0.25) is 0 Å². The molecule has 10 aromatic rings. The van der Waals surface area contributed by atoms with Crippen molar-refractivity contribution in [1.82, 2.24) is 19.5 Å². The van der Waals surface area contributed by atoms with Crippen molar-refractivity contribution in [3.05, 3.63) is 170 Å². The molecule has 5 heteroatoms. The lowest BCUT2D eigenvalue weighted by atomic mass is 10.00. The molecule has 0 spiro atoms. The number of fused-ring (bicyclic) bond motifs is 6. The average Bonchev–Trinajstić information content (AvgIpc) is 3.74. The number of aromatic nitrogens is 4. The Labute approximate surface area is 287 Å². The highest BCUT2D eigenvalue weighted by Crippen LogP contribution is 2.41. The molecular weight excluding hydrogens is 613 g/mol. The summed E-state index contributed by atoms with van der Waals surface area (Å²) in [4.78, 5) is 14.9. The summed E-state index contributed by atoms with van der Waals surface area (Å²) in [5, 5.41) is 4.48. The number of benzene rings is 7. The smallest absolute Gasteiger partial charge is 0.167 e. The minimum atomic E-state index is 0.569. The minimum Gasteiger partial charge on any atom is -0.455 e. The first-order valence-corrected chi connectivity index (χ1v) is 16.7. The largest absolute Gasteiger partial charge is 0.455 e. The van der Waals surface area contributed by atoms with E-state index in [1.807, 2.05) is 66.7 Å². The molecule has 234 valence electrons. The molecule has 0 aliphatic heterocycles. The molecule has 0 fully saturated rings. The lowest BCUT2D eigenvalue weighted by Gasteiger charge is -2.08. The first-order chi connectivity index (χ1) is 24.8. The molecule has 0 saturated heterocycles. The topological polar surface area (TPSA) is 56.7 Å². The van der Waals surface area contributed by atoms with E-state index >= 15 is 0 Å². The van der Waals surface area contributed by atoms with Gasteiger partial charge in [0.15, 0.2) is 17.5 Å². The van der Waals surface area contributed by atoms with Gasteiger partial charge < -0.3 is 8.98 Å². The van der Waals surface area contributed by atoms with Gasteiger partial charge in [0.25, 0.3) is 0 Å². The van der Waals surface area contributed by atoms with Crippen molar-refractivity contribution >= 4 is 43.7 Å². The van der Waals surface area contributed by atoms with Gasteiger partial charge in [-0.25, -0.2) is 15.0 Å². The summed E-state index contributed by atoms with van der Waals surface area (Å²) in [6, 6.07) is 58.6. The van der Waals surface area contributed by atoms with Gasteiger partial charge in [0.05, 0.1) is 16.6 Å². The van der Waals surface area contributed by atoms with E-state index in [9.17, 15) is 0 Å². The summed E-state index contributed by atoms with van der Waals surface area (Å²) in [6.45, 7) is 0. The van der Waals surface area contributed by atoms with Crippen LogP contribution in [0.4, 0.5) is 0 Å². The zero-order valence-electron chi connectivity index (χ0n) is 26.9. The Balaban J connectivity index is 1.17. The zero-order chi connectivity index (χ0) is 33.0. The van der Waals surface area contributed by atoms with Crippen LogP contribution in [0.1, 0.15) is 0 Å². The Hall–Kier alpha value is -6.85. The van der Waals surface area contributed by atoms with E-state index in [1.165, 1.54) is 21.8 Å². The van der Waals surface area contributed by atoms with Crippen molar-refractivity contribution < 1.29 is 4.42 Å². The third kappa shape index (κ3) is 4.52. The van der Waals surface area contributed by atoms with E-state index in [0.717, 1.165) is 55.4 Å². The Morgan fingerprint density at radius 2 is 0.880 bits per heavy atom. The van der Waals surface area contributed by atoms with Gasteiger partial charge in [-0.05, 0) is 42.0 Å². The quantitative estimate of drug-likeness (QED) is 0.188. The van der Waals surface area contributed by atoms with Crippen LogP contribution in [0.5, 0.6) is 0 Å². The molecule has 0 unspecified atom stereocenters. The van der Waals surface area contributed by atoms with Crippen LogP contribution in [-0.4, -0.2) is 19.5 Å². The molecule has 3 heterocycles. The van der Waals surface area contributed by atoms with Gasteiger partial charge in [-0.2, -0.15) is 0 Å². The van der Waals surface area contributed by atoms with Crippen molar-refractivity contribution in [3.63, 3.8) is 0 Å². The summed E-state index contributed by atoms with van der Waals surface area (Å²) in [6.07, 6.45) is 0. The SMILES string of the molecule is c1ccc(-c2nc(-c3ccccc3)nc(-c3cccc4c3oc3c(-c5ccc6c(c5)c5ccccc5n6-c5ccccc5)cccc34)n2)cc1. The molecule has 0 atom stereocenters. The summed E-state index contributed by atoms with van der Waals surface area (Å²) < 4.78 is 9.22. The molecule has 0 aliphatic rings. The molecular formula is C45H28N4O. The number of hydrogen-bond acceptors (Lipinski definition) is 4. The summed E-state index contributed by atoms with van der Waals surface area (Å²) in [7, 11) is 0. The fraction of sp³-hybridized carbons (Fsp3) is 0. The van der Waals surface area contributed by atoms with Crippen LogP contribution in [0, 0.1) is 0 Å². The van der Waals surface area contributed by atoms with Crippen molar-refractivity contribution in [2.45, 2.75) is 0 Å². The van der Waals surface area contributed by atoms with E-state index in [2.05, 4.69) is 108 Å². The molecule has 0 bridgehead atoms. The second-order valence-corrected chi connectivity index (χ2v) is 12.4. The van der Waals surface area contributed by atoms with Gasteiger partial charge in [0.1, 0.15) is 11.2 Å². The number of rotatable bonds is 5. The van der Waals surface area contributed by atoms with Gasteiger partial charge in [-0.15, -0.1) is 0 Å². The van der Waals surface area contributed by atoms with E-state index in [4.69, 9.17) is 19.4 Å². The highest BCUT2D eigenvalue weighted by Gasteiger charge is 2.20. The molecule has 0 saturated carbocycles. The van der Waals surface area contributed by atoms with Gasteiger partial charge in [-0.3, -0.25) is 0 Å². The zero-order valence-corrected chi connectivity index (χ0v) is 26.9. The fourth-order valence-corrected chi connectivity index (χ4v) is 7.15. The Bertz CT molecular complexity index is 2800. The van der Waals surface area contributed by atoms with E-state index in [1.54, 1.807) is 0 Å². The fourth-order valence-electron chi connectivity index (χ4n) is 7.15. The molecule has 10 rings (SSSR count). The van der Waals surface area contributed by atoms with Crippen LogP contribution >= 0.6 is 0 Å². The van der Waals surface area contributed by atoms with Crippen LogP contribution < -0.4 is 0 Å². The maximum Gasteiger partial charge on any atom is 0.167 e. The third-order valence-electron chi connectivity index (χ3n) is 9.46. The highest BCUT2D eigenvalue weighted by molar-refractivity contribution is 6.14.